The molecule has 0 saturated heterocycles. The fourth-order valence-corrected chi connectivity index (χ4v) is 0.937. The molecule has 0 aromatic carbocycles. The third-order valence-electron chi connectivity index (χ3n) is 1.16. The number of aromatic amines is 1. The van der Waals surface area contributed by atoms with Crippen LogP contribution in [0.25, 0.3) is 0 Å². The monoisotopic (exact) mass is 274 g/mol. The van der Waals surface area contributed by atoms with Crippen LogP contribution in [-0.2, 0) is 6.54 Å². The van der Waals surface area contributed by atoms with Gasteiger partial charge in [0.15, 0.2) is 0 Å². The summed E-state index contributed by atoms with van der Waals surface area (Å²) in [5, 5.41) is 10.0. The third-order valence-corrected chi connectivity index (χ3v) is 1.74. The minimum absolute atomic E-state index is 0.621. The summed E-state index contributed by atoms with van der Waals surface area (Å²) in [4.78, 5) is 0. The van der Waals surface area contributed by atoms with Gasteiger partial charge >= 0.3 is 73.5 Å². The topological polar surface area (TPSA) is 40.7 Å². The summed E-state index contributed by atoms with van der Waals surface area (Å²) in [5.74, 6) is 0. The van der Waals surface area contributed by atoms with E-state index in [4.69, 9.17) is 0 Å². The second kappa shape index (κ2) is 7.61. The summed E-state index contributed by atoms with van der Waals surface area (Å²) in [7, 11) is 0. The molecule has 1 rings (SSSR count). The van der Waals surface area contributed by atoms with E-state index in [-0.39, 0.29) is 0 Å². The molecule has 0 aliphatic rings. The van der Waals surface area contributed by atoms with Crippen LogP contribution >= 0.6 is 0 Å². The maximum absolute atomic E-state index is 3.84. The van der Waals surface area contributed by atoms with E-state index >= 15 is 0 Å². The van der Waals surface area contributed by atoms with Crippen LogP contribution in [0.15, 0.2) is 12.3 Å². The first kappa shape index (κ1) is 12.0. The summed E-state index contributed by atoms with van der Waals surface area (Å²) in [6.07, 6.45) is 1.77. The first-order chi connectivity index (χ1) is 5.79. The summed E-state index contributed by atoms with van der Waals surface area (Å²) in [6.45, 7) is 7.06. The van der Waals surface area contributed by atoms with Gasteiger partial charge in [-0.05, 0) is 0 Å². The quantitative estimate of drug-likeness (QED) is 0.808. The van der Waals surface area contributed by atoms with Gasteiger partial charge in [0.1, 0.15) is 0 Å². The Kier molecular flexibility index (Phi) is 7.59. The SMILES string of the molecule is CC.C[CH]([Sn])NCc1ccn[nH]1. The summed E-state index contributed by atoms with van der Waals surface area (Å²) in [5.41, 5.74) is 1.15. The number of nitrogens with zero attached hydrogens (tertiary/aromatic N) is 1. The summed E-state index contributed by atoms with van der Waals surface area (Å²) >= 11 is 1.52. The molecule has 1 unspecified atom stereocenters. The van der Waals surface area contributed by atoms with Crippen molar-refractivity contribution < 1.29 is 0 Å². The van der Waals surface area contributed by atoms with Gasteiger partial charge in [0.05, 0.1) is 0 Å². The average Bonchev–Trinajstić information content (AvgIpc) is 2.56. The van der Waals surface area contributed by atoms with Crippen LogP contribution in [-0.4, -0.2) is 36.8 Å². The third kappa shape index (κ3) is 5.60. The molecule has 0 fully saturated rings. The molecule has 0 spiro atoms. The van der Waals surface area contributed by atoms with Gasteiger partial charge in [-0.1, -0.05) is 13.8 Å². The van der Waals surface area contributed by atoms with E-state index in [9.17, 15) is 0 Å². The number of aromatic nitrogens is 2. The standard InChI is InChI=1S/C6H10N3.C2H6.Sn/c1-2-7-5-6-3-4-8-9-6;1-2;/h2-4,7H,5H2,1H3,(H,8,9);1-2H3;. The molecule has 0 amide bonds. The molecule has 2 N–H and O–H groups in total. The maximum atomic E-state index is 3.84. The molecule has 1 aromatic heterocycles. The van der Waals surface area contributed by atoms with Gasteiger partial charge < -0.3 is 0 Å². The van der Waals surface area contributed by atoms with E-state index in [1.807, 2.05) is 19.9 Å². The van der Waals surface area contributed by atoms with Gasteiger partial charge in [0.2, 0.25) is 0 Å². The second-order valence-corrected chi connectivity index (χ2v) is 4.66. The Labute approximate surface area is 87.4 Å². The van der Waals surface area contributed by atoms with Gasteiger partial charge in [0, 0.05) is 0 Å². The van der Waals surface area contributed by atoms with Crippen LogP contribution in [0.1, 0.15) is 26.5 Å². The number of nitrogens with one attached hydrogen (secondary N) is 2. The predicted octanol–water partition coefficient (Wildman–Crippen LogP) is 1.04. The molecule has 67 valence electrons. The van der Waals surface area contributed by atoms with Crippen molar-refractivity contribution in [3.63, 3.8) is 0 Å². The van der Waals surface area contributed by atoms with E-state index < -0.39 is 0 Å². The van der Waals surface area contributed by atoms with Crippen molar-refractivity contribution in [3.8, 4) is 0 Å². The molecule has 3 radical (unpaired) electrons. The van der Waals surface area contributed by atoms with Crippen LogP contribution in [0, 0.1) is 0 Å². The van der Waals surface area contributed by atoms with E-state index in [0.717, 1.165) is 12.2 Å². The predicted molar refractivity (Wildman–Crippen MR) is 52.0 cm³/mol. The Morgan fingerprint density at radius 2 is 2.33 bits per heavy atom. The number of hydrogen-bond donors (Lipinski definition) is 2. The van der Waals surface area contributed by atoms with E-state index in [0.29, 0.717) is 4.06 Å². The second-order valence-electron chi connectivity index (χ2n) is 2.18. The minimum atomic E-state index is 0.621. The van der Waals surface area contributed by atoms with Gasteiger partial charge in [0.25, 0.3) is 0 Å². The molecule has 1 aromatic rings. The van der Waals surface area contributed by atoms with Crippen LogP contribution in [0.4, 0.5) is 0 Å². The molecule has 3 nitrogen and oxygen atoms in total. The fraction of sp³-hybridized carbons (Fsp3) is 0.625. The molecule has 12 heavy (non-hydrogen) atoms. The van der Waals surface area contributed by atoms with Crippen LogP contribution in [0.2, 0.25) is 0 Å². The molecule has 4 heteroatoms. The first-order valence-electron chi connectivity index (χ1n) is 4.22. The zero-order valence-corrected chi connectivity index (χ0v) is 10.7. The van der Waals surface area contributed by atoms with E-state index in [1.165, 1.54) is 22.5 Å². The van der Waals surface area contributed by atoms with Crippen molar-refractivity contribution in [3.05, 3.63) is 18.0 Å². The molecule has 0 aliphatic carbocycles. The Bertz CT molecular complexity index is 172. The molecule has 0 aliphatic heterocycles. The van der Waals surface area contributed by atoms with Gasteiger partial charge in [-0.15, -0.1) is 0 Å². The van der Waals surface area contributed by atoms with Crippen LogP contribution in [0.5, 0.6) is 0 Å². The normalized spacial score (nSPS) is 11.7. The van der Waals surface area contributed by atoms with Gasteiger partial charge in [-0.3, -0.25) is 0 Å². The van der Waals surface area contributed by atoms with Crippen molar-refractivity contribution in [2.75, 3.05) is 0 Å². The molecular formula is C8H16N3Sn. The Morgan fingerprint density at radius 3 is 2.75 bits per heavy atom. The Balaban J connectivity index is 0.000000561. The zero-order chi connectivity index (χ0) is 9.40. The van der Waals surface area contributed by atoms with Crippen molar-refractivity contribution in [1.82, 2.24) is 15.5 Å². The Morgan fingerprint density at radius 1 is 1.67 bits per heavy atom. The molecule has 1 atom stereocenters. The molecule has 0 saturated carbocycles. The van der Waals surface area contributed by atoms with Crippen molar-refractivity contribution in [2.45, 2.75) is 31.4 Å². The van der Waals surface area contributed by atoms with E-state index in [1.54, 1.807) is 6.20 Å². The first-order valence-corrected chi connectivity index (χ1v) is 5.86. The molecule has 1 heterocycles. The van der Waals surface area contributed by atoms with Crippen molar-refractivity contribution in [2.24, 2.45) is 0 Å². The summed E-state index contributed by atoms with van der Waals surface area (Å²) in [6, 6.07) is 1.98. The van der Waals surface area contributed by atoms with Gasteiger partial charge in [-0.25, -0.2) is 0 Å². The van der Waals surface area contributed by atoms with Crippen molar-refractivity contribution in [1.29, 1.82) is 0 Å². The average molecular weight is 273 g/mol. The Hall–Kier alpha value is -0.0313. The number of H-pyrrole nitrogens is 1. The molecule has 0 bridgehead atoms. The van der Waals surface area contributed by atoms with Crippen LogP contribution < -0.4 is 5.32 Å². The molecular weight excluding hydrogens is 257 g/mol. The fourth-order valence-electron chi connectivity index (χ4n) is 0.646. The zero-order valence-electron chi connectivity index (χ0n) is 7.89. The summed E-state index contributed by atoms with van der Waals surface area (Å²) < 4.78 is 0.621. The van der Waals surface area contributed by atoms with Crippen LogP contribution in [0.3, 0.4) is 0 Å². The number of hydrogen-bond acceptors (Lipinski definition) is 2. The van der Waals surface area contributed by atoms with Gasteiger partial charge in [-0.2, -0.15) is 0 Å². The van der Waals surface area contributed by atoms with Crippen molar-refractivity contribution >= 4 is 22.5 Å². The van der Waals surface area contributed by atoms with E-state index in [2.05, 4.69) is 22.4 Å². The number of rotatable bonds is 3.